The van der Waals surface area contributed by atoms with E-state index in [1.165, 1.54) is 10.6 Å². The van der Waals surface area contributed by atoms with E-state index in [2.05, 4.69) is 15.9 Å². The van der Waals surface area contributed by atoms with Gasteiger partial charge in [0.15, 0.2) is 11.6 Å². The van der Waals surface area contributed by atoms with Gasteiger partial charge in [-0.2, -0.15) is 0 Å². The normalized spacial score (nSPS) is 12.9. The van der Waals surface area contributed by atoms with Crippen LogP contribution in [0.15, 0.2) is 40.9 Å². The highest BCUT2D eigenvalue weighted by Crippen LogP contribution is 2.43. The Hall–Kier alpha value is -2.67. The Balaban J connectivity index is 2.38. The molecular formula is C22H21BrFNO4. The largest absolute Gasteiger partial charge is 0.505 e. The summed E-state index contributed by atoms with van der Waals surface area (Å²) in [5, 5.41) is 20.2. The number of carbonyl (C=O) groups is 2. The minimum absolute atomic E-state index is 0.219. The van der Waals surface area contributed by atoms with Gasteiger partial charge in [-0.1, -0.05) is 36.7 Å². The smallest absolute Gasteiger partial charge is 0.311 e. The molecule has 2 aromatic carbocycles. The van der Waals surface area contributed by atoms with Gasteiger partial charge < -0.3 is 10.2 Å². The zero-order valence-electron chi connectivity index (χ0n) is 16.5. The lowest BCUT2D eigenvalue weighted by molar-refractivity contribution is -0.141. The highest BCUT2D eigenvalue weighted by atomic mass is 79.9. The van der Waals surface area contributed by atoms with Gasteiger partial charge in [0.05, 0.1) is 11.4 Å². The number of halogens is 2. The monoisotopic (exact) mass is 461 g/mol. The fourth-order valence-electron chi connectivity index (χ4n) is 3.72. The van der Waals surface area contributed by atoms with Gasteiger partial charge >= 0.3 is 5.97 Å². The number of hydrogen-bond acceptors (Lipinski definition) is 3. The average molecular weight is 462 g/mol. The van der Waals surface area contributed by atoms with Crippen LogP contribution < -0.4 is 0 Å². The highest BCUT2D eigenvalue weighted by Gasteiger charge is 2.37. The van der Waals surface area contributed by atoms with Crippen molar-refractivity contribution in [3.8, 4) is 5.75 Å². The molecule has 0 aliphatic rings. The number of phenols is 1. The van der Waals surface area contributed by atoms with Gasteiger partial charge in [0.1, 0.15) is 0 Å². The molecule has 1 aromatic heterocycles. The summed E-state index contributed by atoms with van der Waals surface area (Å²) in [6.07, 6.45) is 0. The number of carbonyl (C=O) groups excluding carboxylic acids is 1. The first kappa shape index (κ1) is 21.0. The second-order valence-electron chi connectivity index (χ2n) is 8.10. The van der Waals surface area contributed by atoms with E-state index in [0.717, 1.165) is 10.5 Å². The average Bonchev–Trinajstić information content (AvgIpc) is 2.86. The Labute approximate surface area is 175 Å². The number of aromatic nitrogens is 1. The third-order valence-corrected chi connectivity index (χ3v) is 5.55. The van der Waals surface area contributed by atoms with Gasteiger partial charge in [-0.15, -0.1) is 0 Å². The summed E-state index contributed by atoms with van der Waals surface area (Å²) < 4.78 is 16.3. The number of rotatable bonds is 3. The SMILES string of the molecule is Cc1c(C(C(=O)O)C(C)(C)C)c2cc(O)c(F)cc2n1C(=O)c1ccc(Br)cc1. The number of aromatic hydroxyl groups is 1. The van der Waals surface area contributed by atoms with Crippen LogP contribution in [-0.2, 0) is 4.79 Å². The first-order chi connectivity index (χ1) is 13.4. The van der Waals surface area contributed by atoms with Crippen molar-refractivity contribution in [1.82, 2.24) is 4.57 Å². The molecule has 1 unspecified atom stereocenters. The Bertz CT molecular complexity index is 1130. The number of carboxylic acid groups (broad SMARTS) is 1. The van der Waals surface area contributed by atoms with E-state index in [0.29, 0.717) is 22.2 Å². The van der Waals surface area contributed by atoms with E-state index in [9.17, 15) is 24.2 Å². The van der Waals surface area contributed by atoms with Crippen molar-refractivity contribution in [3.63, 3.8) is 0 Å². The Morgan fingerprint density at radius 2 is 1.72 bits per heavy atom. The van der Waals surface area contributed by atoms with E-state index in [-0.39, 0.29) is 5.52 Å². The van der Waals surface area contributed by atoms with E-state index in [1.807, 2.05) is 0 Å². The van der Waals surface area contributed by atoms with E-state index in [1.54, 1.807) is 52.0 Å². The van der Waals surface area contributed by atoms with Crippen LogP contribution in [0.1, 0.15) is 48.3 Å². The molecule has 1 atom stereocenters. The number of benzene rings is 2. The molecule has 0 bridgehead atoms. The molecule has 152 valence electrons. The van der Waals surface area contributed by atoms with Crippen molar-refractivity contribution in [2.75, 3.05) is 0 Å². The number of fused-ring (bicyclic) bond motifs is 1. The summed E-state index contributed by atoms with van der Waals surface area (Å²) in [4.78, 5) is 25.4. The van der Waals surface area contributed by atoms with E-state index in [4.69, 9.17) is 0 Å². The first-order valence-corrected chi connectivity index (χ1v) is 9.79. The van der Waals surface area contributed by atoms with Gasteiger partial charge in [-0.25, -0.2) is 4.39 Å². The third-order valence-electron chi connectivity index (χ3n) is 5.02. The Morgan fingerprint density at radius 3 is 2.24 bits per heavy atom. The maximum atomic E-state index is 14.2. The van der Waals surface area contributed by atoms with Crippen LogP contribution in [0, 0.1) is 18.2 Å². The fourth-order valence-corrected chi connectivity index (χ4v) is 3.99. The molecule has 1 heterocycles. The van der Waals surface area contributed by atoms with Gasteiger partial charge in [0.25, 0.3) is 5.91 Å². The molecule has 7 heteroatoms. The quantitative estimate of drug-likeness (QED) is 0.542. The number of hydrogen-bond donors (Lipinski definition) is 2. The first-order valence-electron chi connectivity index (χ1n) is 9.00. The molecule has 29 heavy (non-hydrogen) atoms. The molecule has 0 amide bonds. The number of aliphatic carboxylic acids is 1. The predicted molar refractivity (Wildman–Crippen MR) is 112 cm³/mol. The van der Waals surface area contributed by atoms with Crippen LogP contribution >= 0.6 is 15.9 Å². The minimum Gasteiger partial charge on any atom is -0.505 e. The summed E-state index contributed by atoms with van der Waals surface area (Å²) in [5.74, 6) is -3.90. The molecule has 0 fully saturated rings. The fraction of sp³-hybridized carbons (Fsp3) is 0.273. The number of carboxylic acids is 1. The maximum Gasteiger partial charge on any atom is 0.311 e. The molecule has 3 aromatic rings. The minimum atomic E-state index is -1.06. The lowest BCUT2D eigenvalue weighted by Gasteiger charge is -2.27. The van der Waals surface area contributed by atoms with Crippen LogP contribution in [0.4, 0.5) is 4.39 Å². The van der Waals surface area contributed by atoms with E-state index >= 15 is 0 Å². The standard InChI is InChI=1S/C22H21BrFNO4/c1-11-18(19(21(28)29)22(2,3)4)14-9-17(26)15(24)10-16(14)25(11)20(27)12-5-7-13(23)8-6-12/h5-10,19,26H,1-4H3,(H,28,29). The third kappa shape index (κ3) is 3.67. The zero-order chi connectivity index (χ0) is 21.7. The number of nitrogens with zero attached hydrogens (tertiary/aromatic N) is 1. The van der Waals surface area contributed by atoms with Crippen LogP contribution in [0.25, 0.3) is 10.9 Å². The van der Waals surface area contributed by atoms with Crippen molar-refractivity contribution in [3.05, 3.63) is 63.5 Å². The van der Waals surface area contributed by atoms with Crippen LogP contribution in [-0.4, -0.2) is 26.7 Å². The van der Waals surface area contributed by atoms with Crippen molar-refractivity contribution in [1.29, 1.82) is 0 Å². The molecule has 0 spiro atoms. The van der Waals surface area contributed by atoms with E-state index < -0.39 is 34.8 Å². The predicted octanol–water partition coefficient (Wildman–Crippen LogP) is 5.46. The van der Waals surface area contributed by atoms with Crippen molar-refractivity contribution in [2.45, 2.75) is 33.6 Å². The second kappa shape index (κ2) is 7.30. The second-order valence-corrected chi connectivity index (χ2v) is 9.02. The van der Waals surface area contributed by atoms with Crippen LogP contribution in [0.5, 0.6) is 5.75 Å². The van der Waals surface area contributed by atoms with Gasteiger partial charge in [0, 0.05) is 27.2 Å². The summed E-state index contributed by atoms with van der Waals surface area (Å²) in [6, 6.07) is 8.96. The topological polar surface area (TPSA) is 79.5 Å². The molecular weight excluding hydrogens is 441 g/mol. The molecule has 0 saturated heterocycles. The maximum absolute atomic E-state index is 14.2. The van der Waals surface area contributed by atoms with Gasteiger partial charge in [-0.05, 0) is 48.2 Å². The summed E-state index contributed by atoms with van der Waals surface area (Å²) >= 11 is 3.32. The lowest BCUT2D eigenvalue weighted by atomic mass is 9.75. The molecule has 0 saturated carbocycles. The van der Waals surface area contributed by atoms with Crippen LogP contribution in [0.3, 0.4) is 0 Å². The molecule has 5 nitrogen and oxygen atoms in total. The van der Waals surface area contributed by atoms with Gasteiger partial charge in [-0.3, -0.25) is 14.2 Å². The molecule has 0 radical (unpaired) electrons. The number of phenolic OH excluding ortho intramolecular Hbond substituents is 1. The Morgan fingerprint density at radius 1 is 1.14 bits per heavy atom. The van der Waals surface area contributed by atoms with Crippen molar-refractivity contribution in [2.24, 2.45) is 5.41 Å². The summed E-state index contributed by atoms with van der Waals surface area (Å²) in [7, 11) is 0. The molecule has 3 rings (SSSR count). The highest BCUT2D eigenvalue weighted by molar-refractivity contribution is 9.10. The summed E-state index contributed by atoms with van der Waals surface area (Å²) in [6.45, 7) is 7.00. The molecule has 2 N–H and O–H groups in total. The molecule has 0 aliphatic carbocycles. The van der Waals surface area contributed by atoms with Crippen LogP contribution in [0.2, 0.25) is 0 Å². The summed E-state index contributed by atoms with van der Waals surface area (Å²) in [5.41, 5.74) is 0.702. The molecule has 0 aliphatic heterocycles. The van der Waals surface area contributed by atoms with Crippen molar-refractivity contribution < 1.29 is 24.2 Å². The zero-order valence-corrected chi connectivity index (χ0v) is 18.0. The van der Waals surface area contributed by atoms with Crippen molar-refractivity contribution >= 4 is 38.7 Å². The lowest BCUT2D eigenvalue weighted by Crippen LogP contribution is -2.27. The van der Waals surface area contributed by atoms with Gasteiger partial charge in [0.2, 0.25) is 0 Å². The Kier molecular flexibility index (Phi) is 5.30.